The fourth-order valence-corrected chi connectivity index (χ4v) is 3.36. The van der Waals surface area contributed by atoms with Crippen molar-refractivity contribution < 1.29 is 9.90 Å². The summed E-state index contributed by atoms with van der Waals surface area (Å²) in [7, 11) is 0. The van der Waals surface area contributed by atoms with Gasteiger partial charge < -0.3 is 10.0 Å². The maximum Gasteiger partial charge on any atom is 0.328 e. The van der Waals surface area contributed by atoms with Crippen molar-refractivity contribution in [1.29, 1.82) is 0 Å². The van der Waals surface area contributed by atoms with Gasteiger partial charge in [-0.3, -0.25) is 0 Å². The van der Waals surface area contributed by atoms with Gasteiger partial charge in [-0.25, -0.2) is 4.79 Å². The summed E-state index contributed by atoms with van der Waals surface area (Å²) >= 11 is 3.53. The van der Waals surface area contributed by atoms with E-state index in [0.717, 1.165) is 22.7 Å². The van der Waals surface area contributed by atoms with E-state index in [0.29, 0.717) is 6.04 Å². The SMILES string of the molecule is CCN(c1ccc(/C=C/C(=O)O)c(Br)c1)C1CCCC1. The highest BCUT2D eigenvalue weighted by Gasteiger charge is 2.21. The summed E-state index contributed by atoms with van der Waals surface area (Å²) in [5, 5.41) is 8.68. The Bertz CT molecular complexity index is 507. The molecule has 0 radical (unpaired) electrons. The molecule has 1 aliphatic carbocycles. The summed E-state index contributed by atoms with van der Waals surface area (Å²) in [6.07, 6.45) is 7.96. The average Bonchev–Trinajstić information content (AvgIpc) is 2.92. The van der Waals surface area contributed by atoms with Gasteiger partial charge in [-0.2, -0.15) is 0 Å². The lowest BCUT2D eigenvalue weighted by Crippen LogP contribution is -2.32. The number of carboxylic acid groups (broad SMARTS) is 1. The second-order valence-electron chi connectivity index (χ2n) is 5.10. The normalized spacial score (nSPS) is 15.9. The van der Waals surface area contributed by atoms with Crippen LogP contribution in [0.25, 0.3) is 6.08 Å². The van der Waals surface area contributed by atoms with Crippen molar-refractivity contribution >= 4 is 33.7 Å². The Balaban J connectivity index is 2.20. The van der Waals surface area contributed by atoms with Crippen LogP contribution in [0.4, 0.5) is 5.69 Å². The Kier molecular flexibility index (Phi) is 5.24. The number of anilines is 1. The number of benzene rings is 1. The zero-order chi connectivity index (χ0) is 14.5. The van der Waals surface area contributed by atoms with Crippen LogP contribution in [0.2, 0.25) is 0 Å². The van der Waals surface area contributed by atoms with Gasteiger partial charge >= 0.3 is 5.97 Å². The van der Waals surface area contributed by atoms with Gasteiger partial charge in [0.25, 0.3) is 0 Å². The molecule has 4 heteroatoms. The maximum absolute atomic E-state index is 10.6. The zero-order valence-corrected chi connectivity index (χ0v) is 13.3. The first kappa shape index (κ1) is 15.1. The summed E-state index contributed by atoms with van der Waals surface area (Å²) in [6, 6.07) is 6.78. The van der Waals surface area contributed by atoms with Crippen LogP contribution in [-0.2, 0) is 4.79 Å². The molecule has 0 saturated heterocycles. The van der Waals surface area contributed by atoms with Crippen molar-refractivity contribution in [2.24, 2.45) is 0 Å². The van der Waals surface area contributed by atoms with Gasteiger partial charge in [0.1, 0.15) is 0 Å². The number of halogens is 1. The minimum atomic E-state index is -0.929. The van der Waals surface area contributed by atoms with E-state index >= 15 is 0 Å². The molecule has 0 spiro atoms. The van der Waals surface area contributed by atoms with Gasteiger partial charge in [0.05, 0.1) is 0 Å². The molecule has 0 aliphatic heterocycles. The summed E-state index contributed by atoms with van der Waals surface area (Å²) in [5.74, 6) is -0.929. The summed E-state index contributed by atoms with van der Waals surface area (Å²) in [5.41, 5.74) is 2.09. The van der Waals surface area contributed by atoms with E-state index in [1.165, 1.54) is 31.4 Å². The van der Waals surface area contributed by atoms with Crippen LogP contribution in [0.5, 0.6) is 0 Å². The fourth-order valence-electron chi connectivity index (χ4n) is 2.86. The summed E-state index contributed by atoms with van der Waals surface area (Å²) in [6.45, 7) is 3.19. The average molecular weight is 338 g/mol. The number of aliphatic carboxylic acids is 1. The lowest BCUT2D eigenvalue weighted by atomic mass is 10.1. The molecule has 2 rings (SSSR count). The van der Waals surface area contributed by atoms with E-state index in [1.807, 2.05) is 6.07 Å². The van der Waals surface area contributed by atoms with Crippen LogP contribution in [0.3, 0.4) is 0 Å². The predicted octanol–water partition coefficient (Wildman–Crippen LogP) is 4.32. The van der Waals surface area contributed by atoms with E-state index in [1.54, 1.807) is 6.08 Å². The van der Waals surface area contributed by atoms with Crippen molar-refractivity contribution in [3.8, 4) is 0 Å². The lowest BCUT2D eigenvalue weighted by molar-refractivity contribution is -0.131. The molecule has 20 heavy (non-hydrogen) atoms. The fraction of sp³-hybridized carbons (Fsp3) is 0.438. The molecule has 0 atom stereocenters. The van der Waals surface area contributed by atoms with Crippen LogP contribution in [0.15, 0.2) is 28.7 Å². The van der Waals surface area contributed by atoms with Gasteiger partial charge in [0, 0.05) is 28.8 Å². The van der Waals surface area contributed by atoms with Gasteiger partial charge in [0.2, 0.25) is 0 Å². The number of carbonyl (C=O) groups is 1. The van der Waals surface area contributed by atoms with Crippen molar-refractivity contribution in [2.45, 2.75) is 38.6 Å². The molecule has 1 aromatic carbocycles. The molecule has 3 nitrogen and oxygen atoms in total. The van der Waals surface area contributed by atoms with Crippen molar-refractivity contribution in [3.05, 3.63) is 34.3 Å². The number of nitrogens with zero attached hydrogens (tertiary/aromatic N) is 1. The zero-order valence-electron chi connectivity index (χ0n) is 11.7. The van der Waals surface area contributed by atoms with E-state index in [2.05, 4.69) is 39.9 Å². The van der Waals surface area contributed by atoms with Crippen LogP contribution in [0, 0.1) is 0 Å². The smallest absolute Gasteiger partial charge is 0.328 e. The Morgan fingerprint density at radius 2 is 2.15 bits per heavy atom. The highest BCUT2D eigenvalue weighted by atomic mass is 79.9. The number of rotatable bonds is 5. The molecule has 0 unspecified atom stereocenters. The molecule has 1 N–H and O–H groups in total. The van der Waals surface area contributed by atoms with Crippen molar-refractivity contribution in [3.63, 3.8) is 0 Å². The number of carboxylic acids is 1. The third-order valence-electron chi connectivity index (χ3n) is 3.83. The molecule has 0 amide bonds. The number of hydrogen-bond acceptors (Lipinski definition) is 2. The minimum absolute atomic E-state index is 0.646. The minimum Gasteiger partial charge on any atom is -0.478 e. The molecular weight excluding hydrogens is 318 g/mol. The van der Waals surface area contributed by atoms with Crippen LogP contribution in [-0.4, -0.2) is 23.7 Å². The Morgan fingerprint density at radius 1 is 1.45 bits per heavy atom. The van der Waals surface area contributed by atoms with Crippen molar-refractivity contribution in [2.75, 3.05) is 11.4 Å². The predicted molar refractivity (Wildman–Crippen MR) is 86.1 cm³/mol. The van der Waals surface area contributed by atoms with Gasteiger partial charge in [-0.1, -0.05) is 34.8 Å². The van der Waals surface area contributed by atoms with E-state index in [-0.39, 0.29) is 0 Å². The number of hydrogen-bond donors (Lipinski definition) is 1. The van der Waals surface area contributed by atoms with E-state index in [4.69, 9.17) is 5.11 Å². The molecule has 1 saturated carbocycles. The third kappa shape index (κ3) is 3.63. The second-order valence-corrected chi connectivity index (χ2v) is 5.96. The molecule has 108 valence electrons. The monoisotopic (exact) mass is 337 g/mol. The van der Waals surface area contributed by atoms with Gasteiger partial charge in [-0.05, 0) is 43.5 Å². The van der Waals surface area contributed by atoms with Crippen LogP contribution < -0.4 is 4.90 Å². The third-order valence-corrected chi connectivity index (χ3v) is 4.51. The molecule has 0 heterocycles. The molecule has 0 aromatic heterocycles. The van der Waals surface area contributed by atoms with Gasteiger partial charge in [0.15, 0.2) is 0 Å². The highest BCUT2D eigenvalue weighted by Crippen LogP contribution is 2.31. The molecule has 1 aromatic rings. The standard InChI is InChI=1S/C16H20BrNO2/c1-2-18(13-5-3-4-6-13)14-9-7-12(15(17)11-14)8-10-16(19)20/h7-11,13H,2-6H2,1H3,(H,19,20)/b10-8+. The summed E-state index contributed by atoms with van der Waals surface area (Å²) < 4.78 is 0.934. The first-order valence-corrected chi connectivity index (χ1v) is 7.88. The van der Waals surface area contributed by atoms with Crippen LogP contribution >= 0.6 is 15.9 Å². The quantitative estimate of drug-likeness (QED) is 0.813. The first-order valence-electron chi connectivity index (χ1n) is 7.09. The Morgan fingerprint density at radius 3 is 2.70 bits per heavy atom. The topological polar surface area (TPSA) is 40.5 Å². The van der Waals surface area contributed by atoms with E-state index < -0.39 is 5.97 Å². The second kappa shape index (κ2) is 6.93. The van der Waals surface area contributed by atoms with Gasteiger partial charge in [-0.15, -0.1) is 0 Å². The van der Waals surface area contributed by atoms with E-state index in [9.17, 15) is 4.79 Å². The molecular formula is C16H20BrNO2. The van der Waals surface area contributed by atoms with Crippen molar-refractivity contribution in [1.82, 2.24) is 0 Å². The Labute approximate surface area is 128 Å². The largest absolute Gasteiger partial charge is 0.478 e. The summed E-state index contributed by atoms with van der Waals surface area (Å²) in [4.78, 5) is 13.0. The highest BCUT2D eigenvalue weighted by molar-refractivity contribution is 9.10. The van der Waals surface area contributed by atoms with Crippen LogP contribution in [0.1, 0.15) is 38.2 Å². The Hall–Kier alpha value is -1.29. The molecule has 1 aliphatic rings. The molecule has 0 bridgehead atoms. The molecule has 1 fully saturated rings. The lowest BCUT2D eigenvalue weighted by Gasteiger charge is -2.30. The first-order chi connectivity index (χ1) is 9.61. The maximum atomic E-state index is 10.6.